The van der Waals surface area contributed by atoms with Crippen molar-refractivity contribution in [3.63, 3.8) is 0 Å². The first-order valence-corrected chi connectivity index (χ1v) is 8.64. The average Bonchev–Trinajstić information content (AvgIpc) is 2.95. The monoisotopic (exact) mass is 338 g/mol. The number of aryl methyl sites for hydroxylation is 2. The predicted molar refractivity (Wildman–Crippen MR) is 97.8 cm³/mol. The molecule has 2 N–H and O–H groups in total. The number of nitrogens with zero attached hydrogens (tertiary/aromatic N) is 1. The number of primary amides is 1. The topological polar surface area (TPSA) is 78.2 Å². The molecule has 2 aromatic carbocycles. The normalized spacial score (nSPS) is 11.0. The van der Waals surface area contributed by atoms with E-state index in [1.807, 2.05) is 18.2 Å². The van der Waals surface area contributed by atoms with E-state index in [4.69, 9.17) is 10.2 Å². The van der Waals surface area contributed by atoms with Gasteiger partial charge < -0.3 is 10.2 Å². The maximum atomic E-state index is 11.8. The molecule has 0 radical (unpaired) electrons. The maximum Gasteiger partial charge on any atom is 0.428 e. The SMILES string of the molecule is NC(=O)n1c(=O)oc2cccc(CCCCCCc3ccccc3)c21. The standard InChI is InChI=1S/C20H22N2O3/c21-19(23)22-18-16(13-8-14-17(18)25-20(22)24)12-7-2-1-4-9-15-10-5-3-6-11-15/h3,5-6,8,10-11,13-14H,1-2,4,7,9,12H2,(H2,21,23). The molecule has 0 unspecified atom stereocenters. The van der Waals surface area contributed by atoms with Gasteiger partial charge in [0.05, 0.1) is 0 Å². The van der Waals surface area contributed by atoms with Crippen molar-refractivity contribution in [2.45, 2.75) is 38.5 Å². The molecule has 5 heteroatoms. The Morgan fingerprint density at radius 1 is 0.920 bits per heavy atom. The smallest absolute Gasteiger partial charge is 0.407 e. The van der Waals surface area contributed by atoms with Crippen molar-refractivity contribution in [1.82, 2.24) is 4.57 Å². The van der Waals surface area contributed by atoms with Crippen molar-refractivity contribution < 1.29 is 9.21 Å². The lowest BCUT2D eigenvalue weighted by molar-refractivity contribution is 0.249. The minimum atomic E-state index is -0.806. The van der Waals surface area contributed by atoms with E-state index >= 15 is 0 Å². The summed E-state index contributed by atoms with van der Waals surface area (Å²) >= 11 is 0. The van der Waals surface area contributed by atoms with Crippen LogP contribution in [0.3, 0.4) is 0 Å². The second-order valence-electron chi connectivity index (χ2n) is 6.21. The number of fused-ring (bicyclic) bond motifs is 1. The highest BCUT2D eigenvalue weighted by molar-refractivity contribution is 5.88. The summed E-state index contributed by atoms with van der Waals surface area (Å²) in [7, 11) is 0. The van der Waals surface area contributed by atoms with Gasteiger partial charge in [-0.05, 0) is 42.9 Å². The van der Waals surface area contributed by atoms with Crippen molar-refractivity contribution in [2.75, 3.05) is 0 Å². The largest absolute Gasteiger partial charge is 0.428 e. The number of nitrogens with two attached hydrogens (primary N) is 1. The fourth-order valence-electron chi connectivity index (χ4n) is 3.18. The lowest BCUT2D eigenvalue weighted by Gasteiger charge is -2.05. The average molecular weight is 338 g/mol. The van der Waals surface area contributed by atoms with E-state index in [0.717, 1.165) is 48.7 Å². The van der Waals surface area contributed by atoms with E-state index in [0.29, 0.717) is 11.1 Å². The zero-order valence-electron chi connectivity index (χ0n) is 14.1. The molecule has 0 saturated heterocycles. The number of aromatic nitrogens is 1. The van der Waals surface area contributed by atoms with Crippen LogP contribution in [0.15, 0.2) is 57.7 Å². The predicted octanol–water partition coefficient (Wildman–Crippen LogP) is 3.87. The lowest BCUT2D eigenvalue weighted by atomic mass is 10.0. The molecule has 0 spiro atoms. The van der Waals surface area contributed by atoms with E-state index in [9.17, 15) is 9.59 Å². The Morgan fingerprint density at radius 3 is 2.36 bits per heavy atom. The minimum absolute atomic E-state index is 0.408. The van der Waals surface area contributed by atoms with Crippen LogP contribution in [0.4, 0.5) is 4.79 Å². The Morgan fingerprint density at radius 2 is 1.64 bits per heavy atom. The van der Waals surface area contributed by atoms with Gasteiger partial charge in [-0.25, -0.2) is 9.59 Å². The third-order valence-electron chi connectivity index (χ3n) is 4.41. The fraction of sp³-hybridized carbons (Fsp3) is 0.300. The first-order chi connectivity index (χ1) is 12.2. The van der Waals surface area contributed by atoms with Gasteiger partial charge in [0.1, 0.15) is 5.52 Å². The van der Waals surface area contributed by atoms with Crippen LogP contribution < -0.4 is 11.5 Å². The molecule has 130 valence electrons. The molecule has 3 aromatic rings. The number of oxazole rings is 1. The minimum Gasteiger partial charge on any atom is -0.407 e. The molecule has 0 aliphatic carbocycles. The molecule has 1 heterocycles. The van der Waals surface area contributed by atoms with Gasteiger partial charge in [0.15, 0.2) is 5.58 Å². The van der Waals surface area contributed by atoms with Gasteiger partial charge in [-0.2, -0.15) is 4.57 Å². The van der Waals surface area contributed by atoms with Crippen LogP contribution in [0.5, 0.6) is 0 Å². The summed E-state index contributed by atoms with van der Waals surface area (Å²) < 4.78 is 6.02. The Balaban J connectivity index is 1.57. The van der Waals surface area contributed by atoms with E-state index in [1.54, 1.807) is 6.07 Å². The number of benzene rings is 2. The number of hydrogen-bond acceptors (Lipinski definition) is 3. The highest BCUT2D eigenvalue weighted by Crippen LogP contribution is 2.20. The van der Waals surface area contributed by atoms with Gasteiger partial charge in [-0.15, -0.1) is 0 Å². The molecule has 3 rings (SSSR count). The van der Waals surface area contributed by atoms with Crippen molar-refractivity contribution in [3.05, 3.63) is 70.2 Å². The summed E-state index contributed by atoms with van der Waals surface area (Å²) in [5.74, 6) is -0.724. The van der Waals surface area contributed by atoms with E-state index in [-0.39, 0.29) is 0 Å². The molecule has 1 amide bonds. The van der Waals surface area contributed by atoms with Crippen molar-refractivity contribution in [3.8, 4) is 0 Å². The number of carbonyl (C=O) groups excluding carboxylic acids is 1. The highest BCUT2D eigenvalue weighted by atomic mass is 16.4. The van der Waals surface area contributed by atoms with E-state index < -0.39 is 11.8 Å². The molecule has 0 aliphatic rings. The number of unbranched alkanes of at least 4 members (excludes halogenated alkanes) is 3. The number of carbonyl (C=O) groups is 1. The summed E-state index contributed by atoms with van der Waals surface area (Å²) in [6.45, 7) is 0. The van der Waals surface area contributed by atoms with Crippen LogP contribution in [-0.4, -0.2) is 10.6 Å². The Labute approximate surface area is 146 Å². The highest BCUT2D eigenvalue weighted by Gasteiger charge is 2.16. The molecule has 5 nitrogen and oxygen atoms in total. The Hall–Kier alpha value is -2.82. The second kappa shape index (κ2) is 7.83. The first kappa shape index (κ1) is 17.0. The number of amides is 1. The third kappa shape index (κ3) is 3.99. The van der Waals surface area contributed by atoms with Gasteiger partial charge in [-0.1, -0.05) is 55.3 Å². The van der Waals surface area contributed by atoms with Gasteiger partial charge in [-0.3, -0.25) is 0 Å². The Kier molecular flexibility index (Phi) is 5.33. The third-order valence-corrected chi connectivity index (χ3v) is 4.41. The lowest BCUT2D eigenvalue weighted by Crippen LogP contribution is -2.28. The van der Waals surface area contributed by atoms with Gasteiger partial charge in [0.2, 0.25) is 0 Å². The molecule has 0 bridgehead atoms. The zero-order valence-corrected chi connectivity index (χ0v) is 14.1. The zero-order chi connectivity index (χ0) is 17.6. The molecule has 0 atom stereocenters. The van der Waals surface area contributed by atoms with Crippen LogP contribution in [0, 0.1) is 0 Å². The fourth-order valence-corrected chi connectivity index (χ4v) is 3.18. The van der Waals surface area contributed by atoms with Crippen LogP contribution in [0.2, 0.25) is 0 Å². The molecule has 25 heavy (non-hydrogen) atoms. The van der Waals surface area contributed by atoms with Crippen molar-refractivity contribution >= 4 is 17.1 Å². The van der Waals surface area contributed by atoms with Crippen LogP contribution in [0.25, 0.3) is 11.1 Å². The van der Waals surface area contributed by atoms with Crippen LogP contribution in [0.1, 0.15) is 36.8 Å². The molecule has 0 aliphatic heterocycles. The molecule has 0 saturated carbocycles. The van der Waals surface area contributed by atoms with Gasteiger partial charge in [0, 0.05) is 0 Å². The summed E-state index contributed by atoms with van der Waals surface area (Å²) in [6.07, 6.45) is 6.28. The molecular formula is C20H22N2O3. The molecule has 1 aromatic heterocycles. The number of rotatable bonds is 7. The summed E-state index contributed by atoms with van der Waals surface area (Å²) in [6, 6.07) is 15.1. The van der Waals surface area contributed by atoms with Crippen molar-refractivity contribution in [2.24, 2.45) is 5.73 Å². The van der Waals surface area contributed by atoms with E-state index in [1.165, 1.54) is 5.56 Å². The first-order valence-electron chi connectivity index (χ1n) is 8.64. The van der Waals surface area contributed by atoms with Crippen LogP contribution in [-0.2, 0) is 12.8 Å². The second-order valence-corrected chi connectivity index (χ2v) is 6.21. The maximum absolute atomic E-state index is 11.8. The van der Waals surface area contributed by atoms with Gasteiger partial charge in [0.25, 0.3) is 0 Å². The Bertz CT molecular complexity index is 910. The summed E-state index contributed by atoms with van der Waals surface area (Å²) in [5, 5.41) is 0. The molecule has 0 fully saturated rings. The summed E-state index contributed by atoms with van der Waals surface area (Å²) in [4.78, 5) is 23.3. The summed E-state index contributed by atoms with van der Waals surface area (Å²) in [5.41, 5.74) is 8.51. The van der Waals surface area contributed by atoms with Crippen molar-refractivity contribution in [1.29, 1.82) is 0 Å². The van der Waals surface area contributed by atoms with E-state index in [2.05, 4.69) is 24.3 Å². The van der Waals surface area contributed by atoms with Crippen LogP contribution >= 0.6 is 0 Å². The van der Waals surface area contributed by atoms with Gasteiger partial charge >= 0.3 is 11.8 Å². The quantitative estimate of drug-likeness (QED) is 0.664. The number of hydrogen-bond donors (Lipinski definition) is 1. The number of para-hydroxylation sites is 1. The molecular weight excluding hydrogens is 316 g/mol.